The lowest BCUT2D eigenvalue weighted by Gasteiger charge is -2.31. The van der Waals surface area contributed by atoms with Crippen molar-refractivity contribution in [3.8, 4) is 0 Å². The van der Waals surface area contributed by atoms with E-state index in [2.05, 4.69) is 14.8 Å². The Hall–Kier alpha value is -1.12. The summed E-state index contributed by atoms with van der Waals surface area (Å²) in [6.07, 6.45) is -1.94. The smallest absolute Gasteiger partial charge is 0.398 e. The van der Waals surface area contributed by atoms with Gasteiger partial charge in [-0.3, -0.25) is 4.79 Å². The summed E-state index contributed by atoms with van der Waals surface area (Å²) in [5, 5.41) is 3.71. The van der Waals surface area contributed by atoms with Gasteiger partial charge in [0.15, 0.2) is 11.9 Å². The molecule has 118 valence electrons. The van der Waals surface area contributed by atoms with Crippen LogP contribution >= 0.6 is 0 Å². The zero-order valence-electron chi connectivity index (χ0n) is 11.9. The second kappa shape index (κ2) is 4.21. The molecule has 0 spiro atoms. The molecule has 2 aliphatic carbocycles. The summed E-state index contributed by atoms with van der Waals surface area (Å²) in [5.41, 5.74) is -1.04. The van der Waals surface area contributed by atoms with E-state index in [9.17, 15) is 18.4 Å². The highest BCUT2D eigenvalue weighted by molar-refractivity contribution is 5.95. The van der Waals surface area contributed by atoms with Crippen molar-refractivity contribution in [2.45, 2.75) is 51.9 Å². The maximum absolute atomic E-state index is 13.7. The van der Waals surface area contributed by atoms with Crippen molar-refractivity contribution >= 4 is 11.8 Å². The molecule has 1 saturated heterocycles. The largest absolute Gasteiger partial charge is 0.449 e. The lowest BCUT2D eigenvalue weighted by atomic mass is 9.70. The summed E-state index contributed by atoms with van der Waals surface area (Å²) >= 11 is 0. The number of halogens is 2. The first-order valence-electron chi connectivity index (χ1n) is 6.74. The minimum Gasteiger partial charge on any atom is -0.449 e. The van der Waals surface area contributed by atoms with E-state index in [1.807, 2.05) is 13.8 Å². The summed E-state index contributed by atoms with van der Waals surface area (Å²) in [7, 11) is 0. The molecule has 0 amide bonds. The lowest BCUT2D eigenvalue weighted by Crippen LogP contribution is -2.52. The Morgan fingerprint density at radius 2 is 1.95 bits per heavy atom. The van der Waals surface area contributed by atoms with Crippen molar-refractivity contribution in [1.82, 2.24) is 0 Å². The molecule has 6 nitrogen and oxygen atoms in total. The molecular formula is C13H16F2O6. The van der Waals surface area contributed by atoms with Gasteiger partial charge >= 0.3 is 18.2 Å². The Morgan fingerprint density at radius 1 is 1.33 bits per heavy atom. The van der Waals surface area contributed by atoms with E-state index < -0.39 is 35.1 Å². The van der Waals surface area contributed by atoms with Crippen LogP contribution in [-0.4, -0.2) is 30.1 Å². The van der Waals surface area contributed by atoms with Gasteiger partial charge in [0.2, 0.25) is 0 Å². The molecule has 8 heteroatoms. The van der Waals surface area contributed by atoms with E-state index >= 15 is 0 Å². The topological polar surface area (TPSA) is 71.1 Å². The molecule has 0 aromatic rings. The number of alkyl halides is 2. The van der Waals surface area contributed by atoms with Crippen LogP contribution in [-0.2, 0) is 29.1 Å². The fourth-order valence-electron chi connectivity index (χ4n) is 3.63. The summed E-state index contributed by atoms with van der Waals surface area (Å²) in [6.45, 7) is 5.61. The van der Waals surface area contributed by atoms with Gasteiger partial charge in [0.1, 0.15) is 0 Å². The first-order chi connectivity index (χ1) is 9.62. The monoisotopic (exact) mass is 306 g/mol. The van der Waals surface area contributed by atoms with Gasteiger partial charge in [-0.05, 0) is 18.3 Å². The molecule has 2 bridgehead atoms. The number of carbonyl (C=O) groups is 2. The van der Waals surface area contributed by atoms with Gasteiger partial charge in [0.25, 0.3) is 0 Å². The van der Waals surface area contributed by atoms with Crippen LogP contribution < -0.4 is 0 Å². The highest BCUT2D eigenvalue weighted by atomic mass is 19.3. The van der Waals surface area contributed by atoms with Gasteiger partial charge in [0.05, 0.1) is 0 Å². The van der Waals surface area contributed by atoms with Crippen molar-refractivity contribution in [3.05, 3.63) is 0 Å². The second-order valence-corrected chi connectivity index (χ2v) is 6.60. The molecule has 3 fully saturated rings. The first-order valence-corrected chi connectivity index (χ1v) is 6.74. The van der Waals surface area contributed by atoms with E-state index in [0.29, 0.717) is 12.8 Å². The normalized spacial score (nSPS) is 38.4. The SMILES string of the molecule is CC12CCC(C(OC(=O)C(F)(F)C3OOO3)C1=O)C2(C)C. The van der Waals surface area contributed by atoms with Gasteiger partial charge in [-0.25, -0.2) is 4.79 Å². The minimum atomic E-state index is -4.02. The summed E-state index contributed by atoms with van der Waals surface area (Å²) in [4.78, 5) is 32.0. The quantitative estimate of drug-likeness (QED) is 0.584. The standard InChI is InChI=1S/C13H16F2O6/c1-11(2)6-4-5-12(11,3)8(16)7(6)18-9(17)13(14,15)10-19-21-20-10/h6-7,10H,4-5H2,1-3H3. The molecule has 21 heavy (non-hydrogen) atoms. The summed E-state index contributed by atoms with van der Waals surface area (Å²) in [6, 6.07) is 0. The molecule has 3 atom stereocenters. The summed E-state index contributed by atoms with van der Waals surface area (Å²) < 4.78 is 32.1. The maximum Gasteiger partial charge on any atom is 0.398 e. The van der Waals surface area contributed by atoms with Crippen LogP contribution in [0.5, 0.6) is 0 Å². The third kappa shape index (κ3) is 1.72. The number of rotatable bonds is 3. The fraction of sp³-hybridized carbons (Fsp3) is 0.846. The van der Waals surface area contributed by atoms with Gasteiger partial charge in [-0.1, -0.05) is 25.8 Å². The highest BCUT2D eigenvalue weighted by Gasteiger charge is 2.69. The molecule has 0 N–H and O–H groups in total. The number of ketones is 1. The molecule has 3 aliphatic rings. The number of ether oxygens (including phenoxy) is 1. The van der Waals surface area contributed by atoms with Crippen LogP contribution in [0, 0.1) is 16.7 Å². The summed E-state index contributed by atoms with van der Waals surface area (Å²) in [5.74, 6) is -6.40. The number of hydrogen-bond donors (Lipinski definition) is 0. The van der Waals surface area contributed by atoms with Crippen LogP contribution in [0.1, 0.15) is 33.6 Å². The number of fused-ring (bicyclic) bond motifs is 2. The van der Waals surface area contributed by atoms with Gasteiger partial charge in [-0.15, -0.1) is 0 Å². The molecule has 3 unspecified atom stereocenters. The van der Waals surface area contributed by atoms with E-state index in [4.69, 9.17) is 4.74 Å². The molecule has 1 aliphatic heterocycles. The van der Waals surface area contributed by atoms with Crippen LogP contribution in [0.15, 0.2) is 0 Å². The molecule has 1 heterocycles. The highest BCUT2D eigenvalue weighted by Crippen LogP contribution is 2.64. The molecule has 0 aromatic carbocycles. The number of carbonyl (C=O) groups excluding carboxylic acids is 2. The zero-order chi connectivity index (χ0) is 15.6. The fourth-order valence-corrected chi connectivity index (χ4v) is 3.63. The maximum atomic E-state index is 13.7. The number of esters is 1. The van der Waals surface area contributed by atoms with Gasteiger partial charge in [0, 0.05) is 11.3 Å². The van der Waals surface area contributed by atoms with Crippen molar-refractivity contribution in [2.24, 2.45) is 16.7 Å². The average molecular weight is 306 g/mol. The molecule has 0 radical (unpaired) electrons. The third-order valence-corrected chi connectivity index (χ3v) is 5.53. The van der Waals surface area contributed by atoms with Crippen LogP contribution in [0.2, 0.25) is 0 Å². The first kappa shape index (κ1) is 14.8. The predicted molar refractivity (Wildman–Crippen MR) is 61.5 cm³/mol. The second-order valence-electron chi connectivity index (χ2n) is 6.60. The van der Waals surface area contributed by atoms with Crippen molar-refractivity contribution in [3.63, 3.8) is 0 Å². The Labute approximate surface area is 119 Å². The van der Waals surface area contributed by atoms with Crippen molar-refractivity contribution in [1.29, 1.82) is 0 Å². The number of Topliss-reactive ketones (excluding diaryl/α,β-unsaturated/α-hetero) is 1. The Balaban J connectivity index is 1.77. The van der Waals surface area contributed by atoms with E-state index in [-0.39, 0.29) is 11.7 Å². The Morgan fingerprint density at radius 3 is 2.38 bits per heavy atom. The van der Waals surface area contributed by atoms with Gasteiger partial charge in [-0.2, -0.15) is 18.6 Å². The van der Waals surface area contributed by atoms with Gasteiger partial charge < -0.3 is 4.74 Å². The molecule has 3 rings (SSSR count). The van der Waals surface area contributed by atoms with Crippen LogP contribution in [0.25, 0.3) is 0 Å². The Kier molecular flexibility index (Phi) is 2.96. The lowest BCUT2D eigenvalue weighted by molar-refractivity contribution is -0.706. The zero-order valence-corrected chi connectivity index (χ0v) is 11.9. The Bertz CT molecular complexity index is 501. The van der Waals surface area contributed by atoms with E-state index in [1.165, 1.54) is 0 Å². The predicted octanol–water partition coefficient (Wildman–Crippen LogP) is 1.78. The number of hydrogen-bond acceptors (Lipinski definition) is 6. The molecular weight excluding hydrogens is 290 g/mol. The van der Waals surface area contributed by atoms with E-state index in [1.54, 1.807) is 6.92 Å². The van der Waals surface area contributed by atoms with Crippen LogP contribution in [0.3, 0.4) is 0 Å². The minimum absolute atomic E-state index is 0.255. The molecule has 2 saturated carbocycles. The van der Waals surface area contributed by atoms with E-state index in [0.717, 1.165) is 0 Å². The van der Waals surface area contributed by atoms with Crippen molar-refractivity contribution in [2.75, 3.05) is 0 Å². The molecule has 0 aromatic heterocycles. The average Bonchev–Trinajstić information content (AvgIpc) is 2.60. The van der Waals surface area contributed by atoms with Crippen molar-refractivity contribution < 1.29 is 37.9 Å². The third-order valence-electron chi connectivity index (χ3n) is 5.53. The van der Waals surface area contributed by atoms with Crippen LogP contribution in [0.4, 0.5) is 8.78 Å².